The van der Waals surface area contributed by atoms with Crippen molar-refractivity contribution in [2.24, 2.45) is 0 Å². The summed E-state index contributed by atoms with van der Waals surface area (Å²) in [6.45, 7) is 1.80. The quantitative estimate of drug-likeness (QED) is 0.546. The first-order valence-corrected chi connectivity index (χ1v) is 10.5. The molecular weight excluding hydrogens is 418 g/mol. The molecule has 0 atom stereocenters. The highest BCUT2D eigenvalue weighted by Gasteiger charge is 2.11. The van der Waals surface area contributed by atoms with E-state index in [1.54, 1.807) is 12.1 Å². The van der Waals surface area contributed by atoms with E-state index in [0.717, 1.165) is 20.1 Å². The van der Waals surface area contributed by atoms with Gasteiger partial charge in [0.25, 0.3) is 0 Å². The first-order chi connectivity index (χ1) is 13.4. The third-order valence-corrected chi connectivity index (χ3v) is 6.15. The summed E-state index contributed by atoms with van der Waals surface area (Å²) in [7, 11) is 1.54. The fourth-order valence-electron chi connectivity index (χ4n) is 2.41. The Morgan fingerprint density at radius 2 is 2.04 bits per heavy atom. The third kappa shape index (κ3) is 5.37. The maximum Gasteiger partial charge on any atom is 0.243 e. The number of anilines is 1. The topological polar surface area (TPSA) is 80.3 Å². The number of aromatic nitrogens is 1. The lowest BCUT2D eigenvalue weighted by molar-refractivity contribution is -0.122. The van der Waals surface area contributed by atoms with Crippen molar-refractivity contribution in [2.45, 2.75) is 11.3 Å². The van der Waals surface area contributed by atoms with Crippen LogP contribution in [-0.4, -0.2) is 36.2 Å². The van der Waals surface area contributed by atoms with E-state index in [2.05, 4.69) is 15.6 Å². The number of rotatable bonds is 7. The first-order valence-electron chi connectivity index (χ1n) is 8.34. The number of amides is 2. The first kappa shape index (κ1) is 20.4. The molecule has 0 aliphatic carbocycles. The molecule has 0 spiro atoms. The maximum atomic E-state index is 12.1. The highest BCUT2D eigenvalue weighted by atomic mass is 35.5. The van der Waals surface area contributed by atoms with Crippen LogP contribution in [0.2, 0.25) is 5.02 Å². The smallest absolute Gasteiger partial charge is 0.243 e. The minimum absolute atomic E-state index is 0.119. The molecule has 2 aromatic carbocycles. The minimum Gasteiger partial charge on any atom is -0.495 e. The van der Waals surface area contributed by atoms with Crippen LogP contribution in [-0.2, 0) is 9.59 Å². The van der Waals surface area contributed by atoms with Gasteiger partial charge in [-0.15, -0.1) is 11.3 Å². The Morgan fingerprint density at radius 3 is 2.82 bits per heavy atom. The fourth-order valence-corrected chi connectivity index (χ4v) is 4.46. The highest BCUT2D eigenvalue weighted by Crippen LogP contribution is 2.30. The highest BCUT2D eigenvalue weighted by molar-refractivity contribution is 8.01. The van der Waals surface area contributed by atoms with Crippen LogP contribution in [0.1, 0.15) is 5.56 Å². The lowest BCUT2D eigenvalue weighted by atomic mass is 10.2. The zero-order valence-corrected chi connectivity index (χ0v) is 17.6. The Kier molecular flexibility index (Phi) is 6.77. The molecule has 0 aliphatic heterocycles. The van der Waals surface area contributed by atoms with Gasteiger partial charge in [0.1, 0.15) is 5.75 Å². The molecule has 146 valence electrons. The van der Waals surface area contributed by atoms with Crippen molar-refractivity contribution in [1.29, 1.82) is 0 Å². The number of hydrogen-bond donors (Lipinski definition) is 2. The number of nitrogens with one attached hydrogen (secondary N) is 2. The van der Waals surface area contributed by atoms with Gasteiger partial charge in [-0.05, 0) is 42.8 Å². The molecule has 3 aromatic rings. The minimum atomic E-state index is -0.322. The van der Waals surface area contributed by atoms with E-state index in [-0.39, 0.29) is 24.1 Å². The molecule has 0 aliphatic rings. The monoisotopic (exact) mass is 435 g/mol. The molecule has 0 unspecified atom stereocenters. The van der Waals surface area contributed by atoms with Crippen molar-refractivity contribution in [2.75, 3.05) is 24.7 Å². The van der Waals surface area contributed by atoms with Crippen LogP contribution in [0.4, 0.5) is 5.69 Å². The van der Waals surface area contributed by atoms with Crippen molar-refractivity contribution in [1.82, 2.24) is 10.3 Å². The van der Waals surface area contributed by atoms with Crippen LogP contribution in [0.5, 0.6) is 5.75 Å². The van der Waals surface area contributed by atoms with Gasteiger partial charge in [0.15, 0.2) is 4.34 Å². The van der Waals surface area contributed by atoms with Crippen LogP contribution < -0.4 is 15.4 Å². The van der Waals surface area contributed by atoms with Crippen molar-refractivity contribution >= 4 is 62.4 Å². The zero-order valence-electron chi connectivity index (χ0n) is 15.2. The number of thiazole rings is 1. The van der Waals surface area contributed by atoms with Crippen LogP contribution in [0, 0.1) is 6.92 Å². The standard InChI is InChI=1S/C19H18ClN3O3S2/c1-11-3-5-15(26-2)13(7-11)22-17(24)9-21-18(25)10-27-19-23-14-8-12(20)4-6-16(14)28-19/h3-8H,9-10H2,1-2H3,(H,21,25)(H,22,24). The van der Waals surface area contributed by atoms with E-state index in [9.17, 15) is 9.59 Å². The average Bonchev–Trinajstić information content (AvgIpc) is 3.07. The van der Waals surface area contributed by atoms with Gasteiger partial charge in [-0.25, -0.2) is 4.98 Å². The fraction of sp³-hybridized carbons (Fsp3) is 0.211. The summed E-state index contributed by atoms with van der Waals surface area (Å²) in [4.78, 5) is 28.6. The number of benzene rings is 2. The van der Waals surface area contributed by atoms with Crippen molar-refractivity contribution in [3.05, 3.63) is 47.0 Å². The van der Waals surface area contributed by atoms with E-state index in [1.165, 1.54) is 30.2 Å². The number of fused-ring (bicyclic) bond motifs is 1. The lowest BCUT2D eigenvalue weighted by Crippen LogP contribution is -2.33. The predicted molar refractivity (Wildman–Crippen MR) is 115 cm³/mol. The molecule has 6 nitrogen and oxygen atoms in total. The number of hydrogen-bond acceptors (Lipinski definition) is 6. The zero-order chi connectivity index (χ0) is 20.1. The van der Waals surface area contributed by atoms with E-state index in [1.807, 2.05) is 31.2 Å². The number of nitrogens with zero attached hydrogens (tertiary/aromatic N) is 1. The molecule has 9 heteroatoms. The number of ether oxygens (including phenoxy) is 1. The lowest BCUT2D eigenvalue weighted by Gasteiger charge is -2.11. The summed E-state index contributed by atoms with van der Waals surface area (Å²) in [6.07, 6.45) is 0. The SMILES string of the molecule is COc1ccc(C)cc1NC(=O)CNC(=O)CSc1nc2cc(Cl)ccc2s1. The van der Waals surface area contributed by atoms with Gasteiger partial charge in [-0.3, -0.25) is 9.59 Å². The second kappa shape index (κ2) is 9.27. The second-order valence-corrected chi connectivity index (χ2v) is 8.60. The van der Waals surface area contributed by atoms with Crippen molar-refractivity contribution in [3.63, 3.8) is 0 Å². The van der Waals surface area contributed by atoms with E-state index in [0.29, 0.717) is 16.5 Å². The van der Waals surface area contributed by atoms with Gasteiger partial charge < -0.3 is 15.4 Å². The Morgan fingerprint density at radius 1 is 1.21 bits per heavy atom. The molecule has 3 rings (SSSR count). The number of aryl methyl sites for hydroxylation is 1. The molecule has 2 N–H and O–H groups in total. The van der Waals surface area contributed by atoms with Gasteiger partial charge >= 0.3 is 0 Å². The maximum absolute atomic E-state index is 12.1. The van der Waals surface area contributed by atoms with Crippen LogP contribution in [0.15, 0.2) is 40.7 Å². The molecule has 1 heterocycles. The summed E-state index contributed by atoms with van der Waals surface area (Å²) in [5, 5.41) is 5.99. The van der Waals surface area contributed by atoms with Gasteiger partial charge in [-0.2, -0.15) is 0 Å². The number of methoxy groups -OCH3 is 1. The third-order valence-electron chi connectivity index (χ3n) is 3.73. The van der Waals surface area contributed by atoms with Gasteiger partial charge in [0.2, 0.25) is 11.8 Å². The summed E-state index contributed by atoms with van der Waals surface area (Å²) in [5.41, 5.74) is 2.38. The molecule has 0 radical (unpaired) electrons. The molecule has 1 aromatic heterocycles. The number of carbonyl (C=O) groups is 2. The molecule has 0 bridgehead atoms. The Labute approximate surface area is 175 Å². The average molecular weight is 436 g/mol. The van der Waals surface area contributed by atoms with Gasteiger partial charge in [0.05, 0.1) is 35.3 Å². The number of carbonyl (C=O) groups excluding carboxylic acids is 2. The van der Waals surface area contributed by atoms with Gasteiger partial charge in [0, 0.05) is 5.02 Å². The van der Waals surface area contributed by atoms with Crippen LogP contribution in [0.3, 0.4) is 0 Å². The number of thioether (sulfide) groups is 1. The molecule has 0 saturated heterocycles. The number of halogens is 1. The van der Waals surface area contributed by atoms with Crippen LogP contribution in [0.25, 0.3) is 10.2 Å². The predicted octanol–water partition coefficient (Wildman–Crippen LogP) is 4.11. The Bertz CT molecular complexity index is 1020. The normalized spacial score (nSPS) is 10.7. The van der Waals surface area contributed by atoms with Crippen molar-refractivity contribution < 1.29 is 14.3 Å². The van der Waals surface area contributed by atoms with E-state index >= 15 is 0 Å². The summed E-state index contributed by atoms with van der Waals surface area (Å²) < 4.78 is 7.02. The van der Waals surface area contributed by atoms with E-state index in [4.69, 9.17) is 16.3 Å². The van der Waals surface area contributed by atoms with Gasteiger partial charge in [-0.1, -0.05) is 29.4 Å². The summed E-state index contributed by atoms with van der Waals surface area (Å²) in [5.74, 6) is 0.177. The Balaban J connectivity index is 1.48. The molecule has 0 saturated carbocycles. The largest absolute Gasteiger partial charge is 0.495 e. The summed E-state index contributed by atoms with van der Waals surface area (Å²) in [6, 6.07) is 11.0. The summed E-state index contributed by atoms with van der Waals surface area (Å²) >= 11 is 8.78. The van der Waals surface area contributed by atoms with Crippen molar-refractivity contribution in [3.8, 4) is 5.75 Å². The van der Waals surface area contributed by atoms with E-state index < -0.39 is 0 Å². The molecule has 0 fully saturated rings. The Hall–Kier alpha value is -2.29. The molecular formula is C19H18ClN3O3S2. The van der Waals surface area contributed by atoms with Crippen LogP contribution >= 0.6 is 34.7 Å². The molecule has 28 heavy (non-hydrogen) atoms. The molecule has 2 amide bonds. The second-order valence-electron chi connectivity index (χ2n) is 5.91.